The Kier molecular flexibility index (Phi) is 6.27. The molecule has 0 saturated carbocycles. The van der Waals surface area contributed by atoms with Gasteiger partial charge in [0.2, 0.25) is 0 Å². The van der Waals surface area contributed by atoms with Crippen LogP contribution in [0.25, 0.3) is 0 Å². The smallest absolute Gasteiger partial charge is 0.261 e. The monoisotopic (exact) mass is 382 g/mol. The Balaban J connectivity index is 2.18. The van der Waals surface area contributed by atoms with Crippen molar-refractivity contribution in [3.8, 4) is 5.75 Å². The summed E-state index contributed by atoms with van der Waals surface area (Å²) in [6.07, 6.45) is 0.809. The van der Waals surface area contributed by atoms with Crippen molar-refractivity contribution in [2.24, 2.45) is 0 Å². The molecule has 25 heavy (non-hydrogen) atoms. The zero-order valence-corrected chi connectivity index (χ0v) is 15.4. The van der Waals surface area contributed by atoms with Crippen LogP contribution in [-0.2, 0) is 10.0 Å². The molecule has 0 heterocycles. The third-order valence-electron chi connectivity index (χ3n) is 3.37. The molecule has 0 atom stereocenters. The molecule has 0 aromatic heterocycles. The van der Waals surface area contributed by atoms with Crippen molar-refractivity contribution in [3.05, 3.63) is 53.1 Å². The second-order valence-corrected chi connectivity index (χ2v) is 7.32. The summed E-state index contributed by atoms with van der Waals surface area (Å²) < 4.78 is 32.2. The first kappa shape index (κ1) is 19.1. The number of hydrogen-bond donors (Lipinski definition) is 2. The van der Waals surface area contributed by atoms with Gasteiger partial charge in [-0.1, -0.05) is 18.5 Å². The highest BCUT2D eigenvalue weighted by atomic mass is 35.5. The molecule has 0 saturated heterocycles. The molecule has 1 amide bonds. The van der Waals surface area contributed by atoms with Gasteiger partial charge in [0.15, 0.2) is 0 Å². The molecule has 0 aliphatic rings. The number of ether oxygens (including phenoxy) is 1. The van der Waals surface area contributed by atoms with Crippen LogP contribution in [0.1, 0.15) is 23.7 Å². The Morgan fingerprint density at radius 2 is 1.84 bits per heavy atom. The van der Waals surface area contributed by atoms with Crippen molar-refractivity contribution in [2.45, 2.75) is 18.2 Å². The number of sulfonamides is 1. The van der Waals surface area contributed by atoms with E-state index in [-0.39, 0.29) is 21.5 Å². The first-order chi connectivity index (χ1) is 11.9. The second kappa shape index (κ2) is 8.22. The Labute approximate surface area is 152 Å². The fraction of sp³-hybridized carbons (Fsp3) is 0.235. The van der Waals surface area contributed by atoms with Gasteiger partial charge in [0.05, 0.1) is 28.3 Å². The van der Waals surface area contributed by atoms with E-state index < -0.39 is 10.0 Å². The molecule has 2 aromatic rings. The molecule has 134 valence electrons. The van der Waals surface area contributed by atoms with Crippen LogP contribution in [-0.4, -0.2) is 28.0 Å². The van der Waals surface area contributed by atoms with E-state index in [1.54, 1.807) is 12.1 Å². The maximum Gasteiger partial charge on any atom is 0.261 e. The topological polar surface area (TPSA) is 84.5 Å². The third-order valence-corrected chi connectivity index (χ3v) is 5.08. The largest absolute Gasteiger partial charge is 0.497 e. The van der Waals surface area contributed by atoms with E-state index >= 15 is 0 Å². The average Bonchev–Trinajstić information content (AvgIpc) is 2.59. The van der Waals surface area contributed by atoms with E-state index in [4.69, 9.17) is 16.3 Å². The molecule has 0 aliphatic carbocycles. The zero-order chi connectivity index (χ0) is 18.4. The molecule has 2 N–H and O–H groups in total. The number of anilines is 1. The van der Waals surface area contributed by atoms with Crippen LogP contribution < -0.4 is 14.8 Å². The quantitative estimate of drug-likeness (QED) is 0.769. The first-order valence-electron chi connectivity index (χ1n) is 7.62. The van der Waals surface area contributed by atoms with Crippen LogP contribution in [0.2, 0.25) is 5.02 Å². The number of hydrogen-bond acceptors (Lipinski definition) is 4. The lowest BCUT2D eigenvalue weighted by Crippen LogP contribution is -2.24. The highest BCUT2D eigenvalue weighted by molar-refractivity contribution is 7.92. The van der Waals surface area contributed by atoms with Gasteiger partial charge in [0, 0.05) is 6.54 Å². The molecular weight excluding hydrogens is 364 g/mol. The highest BCUT2D eigenvalue weighted by Gasteiger charge is 2.16. The van der Waals surface area contributed by atoms with Gasteiger partial charge >= 0.3 is 0 Å². The number of halogens is 1. The Bertz CT molecular complexity index is 851. The first-order valence-corrected chi connectivity index (χ1v) is 9.48. The number of benzene rings is 2. The van der Waals surface area contributed by atoms with Crippen LogP contribution in [0.15, 0.2) is 47.4 Å². The summed E-state index contributed by atoms with van der Waals surface area (Å²) in [6, 6.07) is 10.4. The molecule has 0 fully saturated rings. The molecule has 0 radical (unpaired) electrons. The van der Waals surface area contributed by atoms with E-state index in [2.05, 4.69) is 10.0 Å². The minimum Gasteiger partial charge on any atom is -0.497 e. The number of amides is 1. The summed E-state index contributed by atoms with van der Waals surface area (Å²) in [7, 11) is -2.27. The second-order valence-electron chi connectivity index (χ2n) is 5.23. The zero-order valence-electron chi connectivity index (χ0n) is 13.9. The normalized spacial score (nSPS) is 11.0. The summed E-state index contributed by atoms with van der Waals surface area (Å²) in [5.41, 5.74) is 0.565. The van der Waals surface area contributed by atoms with Gasteiger partial charge in [-0.05, 0) is 48.9 Å². The van der Waals surface area contributed by atoms with Crippen LogP contribution in [0.3, 0.4) is 0 Å². The van der Waals surface area contributed by atoms with Crippen molar-refractivity contribution in [2.75, 3.05) is 18.4 Å². The van der Waals surface area contributed by atoms with E-state index in [0.29, 0.717) is 17.9 Å². The third kappa shape index (κ3) is 4.87. The molecular formula is C17H19ClN2O4S. The molecule has 0 bridgehead atoms. The van der Waals surface area contributed by atoms with E-state index in [9.17, 15) is 13.2 Å². The molecule has 8 heteroatoms. The summed E-state index contributed by atoms with van der Waals surface area (Å²) in [6.45, 7) is 2.49. The lowest BCUT2D eigenvalue weighted by atomic mass is 10.2. The Morgan fingerprint density at radius 3 is 2.40 bits per heavy atom. The van der Waals surface area contributed by atoms with Crippen molar-refractivity contribution in [3.63, 3.8) is 0 Å². The van der Waals surface area contributed by atoms with Crippen molar-refractivity contribution in [1.82, 2.24) is 5.32 Å². The number of carbonyl (C=O) groups is 1. The standard InChI is InChI=1S/C17H19ClN2O4S/c1-3-10-19-17(21)15-9-4-12(11-16(15)18)20-25(22,23)14-7-5-13(24-2)6-8-14/h4-9,11,20H,3,10H2,1-2H3,(H,19,21). The number of methoxy groups -OCH3 is 1. The van der Waals surface area contributed by atoms with Gasteiger partial charge in [0.25, 0.3) is 15.9 Å². The summed E-state index contributed by atoms with van der Waals surface area (Å²) in [5, 5.41) is 2.89. The van der Waals surface area contributed by atoms with Crippen LogP contribution in [0, 0.1) is 0 Å². The number of carbonyl (C=O) groups excluding carboxylic acids is 1. The van der Waals surface area contributed by atoms with Crippen LogP contribution >= 0.6 is 11.6 Å². The Morgan fingerprint density at radius 1 is 1.16 bits per heavy atom. The van der Waals surface area contributed by atoms with Gasteiger partial charge in [0.1, 0.15) is 5.75 Å². The maximum absolute atomic E-state index is 12.4. The van der Waals surface area contributed by atoms with Crippen molar-refractivity contribution in [1.29, 1.82) is 0 Å². The minimum atomic E-state index is -3.77. The summed E-state index contributed by atoms with van der Waals surface area (Å²) >= 11 is 6.11. The molecule has 0 unspecified atom stereocenters. The fourth-order valence-electron chi connectivity index (χ4n) is 2.07. The van der Waals surface area contributed by atoms with Gasteiger partial charge < -0.3 is 10.1 Å². The van der Waals surface area contributed by atoms with Gasteiger partial charge in [-0.3, -0.25) is 9.52 Å². The SMILES string of the molecule is CCCNC(=O)c1ccc(NS(=O)(=O)c2ccc(OC)cc2)cc1Cl. The Hall–Kier alpha value is -2.25. The molecule has 2 aromatic carbocycles. The number of rotatable bonds is 7. The maximum atomic E-state index is 12.4. The van der Waals surface area contributed by atoms with Crippen molar-refractivity contribution >= 4 is 33.2 Å². The molecule has 2 rings (SSSR count). The molecule has 6 nitrogen and oxygen atoms in total. The summed E-state index contributed by atoms with van der Waals surface area (Å²) in [4.78, 5) is 12.0. The van der Waals surface area contributed by atoms with Gasteiger partial charge in [-0.2, -0.15) is 0 Å². The highest BCUT2D eigenvalue weighted by Crippen LogP contribution is 2.24. The number of nitrogens with one attached hydrogen (secondary N) is 2. The molecule has 0 aliphatic heterocycles. The predicted molar refractivity (Wildman–Crippen MR) is 97.9 cm³/mol. The van der Waals surface area contributed by atoms with E-state index in [0.717, 1.165) is 6.42 Å². The minimum absolute atomic E-state index is 0.0918. The summed E-state index contributed by atoms with van der Waals surface area (Å²) in [5.74, 6) is 0.265. The van der Waals surface area contributed by atoms with Gasteiger partial charge in [-0.15, -0.1) is 0 Å². The fourth-order valence-corrected chi connectivity index (χ4v) is 3.38. The van der Waals surface area contributed by atoms with Crippen LogP contribution in [0.5, 0.6) is 5.75 Å². The van der Waals surface area contributed by atoms with Crippen LogP contribution in [0.4, 0.5) is 5.69 Å². The average molecular weight is 383 g/mol. The van der Waals surface area contributed by atoms with Gasteiger partial charge in [-0.25, -0.2) is 8.42 Å². The van der Waals surface area contributed by atoms with Crippen molar-refractivity contribution < 1.29 is 17.9 Å². The lowest BCUT2D eigenvalue weighted by molar-refractivity contribution is 0.0954. The lowest BCUT2D eigenvalue weighted by Gasteiger charge is -2.11. The predicted octanol–water partition coefficient (Wildman–Crippen LogP) is 3.29. The van der Waals surface area contributed by atoms with E-state index in [1.807, 2.05) is 6.92 Å². The van der Waals surface area contributed by atoms with E-state index in [1.165, 1.54) is 37.4 Å². The molecule has 0 spiro atoms.